The van der Waals surface area contributed by atoms with Crippen molar-refractivity contribution in [3.63, 3.8) is 0 Å². The maximum atomic E-state index is 11.4. The summed E-state index contributed by atoms with van der Waals surface area (Å²) in [6.45, 7) is 0.307. The SMILES string of the molecule is O=C(O)c1ccc2sc(C3(O)CCC(OCc4c(-c5c(Cl)cncc5Cl)noc4C4CC4)CC3)nc2c1. The van der Waals surface area contributed by atoms with Gasteiger partial charge in [0, 0.05) is 29.4 Å². The average Bonchev–Trinajstić information content (AvgIpc) is 3.49. The molecule has 2 fully saturated rings. The lowest BCUT2D eigenvalue weighted by Gasteiger charge is -2.34. The Labute approximate surface area is 226 Å². The van der Waals surface area contributed by atoms with Crippen molar-refractivity contribution < 1.29 is 24.3 Å². The van der Waals surface area contributed by atoms with E-state index in [1.165, 1.54) is 23.7 Å². The zero-order valence-electron chi connectivity index (χ0n) is 19.6. The molecule has 3 heterocycles. The zero-order chi connectivity index (χ0) is 25.7. The van der Waals surface area contributed by atoms with Gasteiger partial charge in [-0.25, -0.2) is 9.78 Å². The predicted octanol–water partition coefficient (Wildman–Crippen LogP) is 6.58. The number of pyridine rings is 1. The van der Waals surface area contributed by atoms with Crippen molar-refractivity contribution in [3.05, 3.63) is 62.5 Å². The smallest absolute Gasteiger partial charge is 0.335 e. The highest BCUT2D eigenvalue weighted by Crippen LogP contribution is 2.47. The third-order valence-corrected chi connectivity index (χ3v) is 8.92. The summed E-state index contributed by atoms with van der Waals surface area (Å²) in [6, 6.07) is 4.85. The number of carbonyl (C=O) groups is 1. The van der Waals surface area contributed by atoms with E-state index in [4.69, 9.17) is 32.5 Å². The van der Waals surface area contributed by atoms with Gasteiger partial charge in [-0.15, -0.1) is 11.3 Å². The van der Waals surface area contributed by atoms with Gasteiger partial charge in [0.1, 0.15) is 22.1 Å². The van der Waals surface area contributed by atoms with E-state index in [1.54, 1.807) is 18.2 Å². The molecule has 1 aromatic carbocycles. The predicted molar refractivity (Wildman–Crippen MR) is 139 cm³/mol. The third-order valence-electron chi connectivity index (χ3n) is 7.11. The lowest BCUT2D eigenvalue weighted by molar-refractivity contribution is -0.0640. The molecule has 0 unspecified atom stereocenters. The number of rotatable bonds is 7. The fourth-order valence-electron chi connectivity index (χ4n) is 4.87. The molecule has 0 amide bonds. The van der Waals surface area contributed by atoms with E-state index in [1.807, 2.05) is 0 Å². The molecule has 8 nitrogen and oxygen atoms in total. The van der Waals surface area contributed by atoms with Gasteiger partial charge in [-0.1, -0.05) is 28.4 Å². The number of carboxylic acids is 1. The van der Waals surface area contributed by atoms with Gasteiger partial charge in [0.25, 0.3) is 0 Å². The van der Waals surface area contributed by atoms with Crippen LogP contribution in [0.2, 0.25) is 10.0 Å². The Morgan fingerprint density at radius 2 is 1.89 bits per heavy atom. The Bertz CT molecular complexity index is 1470. The molecule has 2 N–H and O–H groups in total. The summed E-state index contributed by atoms with van der Waals surface area (Å²) >= 11 is 14.2. The highest BCUT2D eigenvalue weighted by molar-refractivity contribution is 7.18. The van der Waals surface area contributed by atoms with Crippen LogP contribution in [-0.4, -0.2) is 37.4 Å². The topological polar surface area (TPSA) is 119 Å². The molecule has 0 spiro atoms. The second kappa shape index (κ2) is 9.63. The largest absolute Gasteiger partial charge is 0.478 e. The summed E-state index contributed by atoms with van der Waals surface area (Å²) in [6.07, 6.45) is 7.42. The van der Waals surface area contributed by atoms with Crippen molar-refractivity contribution in [3.8, 4) is 11.3 Å². The fourth-order valence-corrected chi connectivity index (χ4v) is 6.51. The van der Waals surface area contributed by atoms with Crippen molar-refractivity contribution in [2.24, 2.45) is 0 Å². The molecule has 4 aromatic rings. The van der Waals surface area contributed by atoms with Crippen LogP contribution < -0.4 is 0 Å². The van der Waals surface area contributed by atoms with E-state index in [-0.39, 0.29) is 11.7 Å². The Balaban J connectivity index is 1.17. The molecule has 2 aliphatic rings. The molecule has 11 heteroatoms. The van der Waals surface area contributed by atoms with Crippen LogP contribution in [-0.2, 0) is 16.9 Å². The minimum atomic E-state index is -1.06. The molecule has 0 radical (unpaired) electrons. The second-order valence-electron chi connectivity index (χ2n) is 9.68. The quantitative estimate of drug-likeness (QED) is 0.260. The molecule has 192 valence electrons. The van der Waals surface area contributed by atoms with E-state index in [9.17, 15) is 15.0 Å². The number of hydrogen-bond acceptors (Lipinski definition) is 8. The Morgan fingerprint density at radius 3 is 2.57 bits per heavy atom. The Kier molecular flexibility index (Phi) is 6.45. The maximum Gasteiger partial charge on any atom is 0.335 e. The van der Waals surface area contributed by atoms with Gasteiger partial charge < -0.3 is 19.5 Å². The molecule has 0 saturated heterocycles. The monoisotopic (exact) mass is 559 g/mol. The van der Waals surface area contributed by atoms with Crippen molar-refractivity contribution in [2.45, 2.75) is 62.8 Å². The maximum absolute atomic E-state index is 11.4. The molecule has 3 aromatic heterocycles. The van der Waals surface area contributed by atoms with Gasteiger partial charge in [-0.3, -0.25) is 4.98 Å². The van der Waals surface area contributed by atoms with Crippen LogP contribution in [0, 0.1) is 0 Å². The van der Waals surface area contributed by atoms with Gasteiger partial charge in [0.15, 0.2) is 0 Å². The molecule has 0 bridgehead atoms. The number of aromatic carboxylic acids is 1. The fraction of sp³-hybridized carbons (Fsp3) is 0.385. The first kappa shape index (κ1) is 24.8. The van der Waals surface area contributed by atoms with Crippen molar-refractivity contribution >= 4 is 50.7 Å². The highest BCUT2D eigenvalue weighted by Gasteiger charge is 2.39. The van der Waals surface area contributed by atoms with Crippen LogP contribution in [0.25, 0.3) is 21.5 Å². The summed E-state index contributed by atoms with van der Waals surface area (Å²) < 4.78 is 12.9. The number of carboxylic acid groups (broad SMARTS) is 1. The number of fused-ring (bicyclic) bond motifs is 1. The molecule has 2 aliphatic carbocycles. The standard InChI is InChI=1S/C26H23Cl2N3O5S/c27-17-10-29-11-18(28)21(17)22-16(23(36-31-22)13-1-2-13)12-35-15-5-7-26(34,8-6-15)25-30-19-9-14(24(32)33)3-4-20(19)37-25/h3-4,9-11,13,15,34H,1-2,5-8,12H2,(H,32,33). The number of hydrogen-bond donors (Lipinski definition) is 2. The van der Waals surface area contributed by atoms with Gasteiger partial charge in [0.2, 0.25) is 0 Å². The number of ether oxygens (including phenoxy) is 1. The van der Waals surface area contributed by atoms with Crippen LogP contribution in [0.5, 0.6) is 0 Å². The summed E-state index contributed by atoms with van der Waals surface area (Å²) in [7, 11) is 0. The van der Waals surface area contributed by atoms with Crippen LogP contribution in [0.3, 0.4) is 0 Å². The van der Waals surface area contributed by atoms with E-state index < -0.39 is 11.6 Å². The molecular formula is C26H23Cl2N3O5S. The minimum Gasteiger partial charge on any atom is -0.478 e. The number of nitrogens with zero attached hydrogens (tertiary/aromatic N) is 3. The van der Waals surface area contributed by atoms with Gasteiger partial charge in [0.05, 0.1) is 38.5 Å². The molecule has 2 saturated carbocycles. The minimum absolute atomic E-state index is 0.0496. The molecular weight excluding hydrogens is 537 g/mol. The average molecular weight is 560 g/mol. The first-order chi connectivity index (χ1) is 17.8. The Morgan fingerprint density at radius 1 is 1.16 bits per heavy atom. The zero-order valence-corrected chi connectivity index (χ0v) is 21.9. The number of thiazole rings is 1. The molecule has 6 rings (SSSR count). The van der Waals surface area contributed by atoms with Gasteiger partial charge in [-0.05, 0) is 56.7 Å². The summed E-state index contributed by atoms with van der Waals surface area (Å²) in [5.41, 5.74) is 1.74. The number of halogens is 2. The van der Waals surface area contributed by atoms with Gasteiger partial charge in [-0.2, -0.15) is 0 Å². The highest BCUT2D eigenvalue weighted by atomic mass is 35.5. The lowest BCUT2D eigenvalue weighted by atomic mass is 9.83. The van der Waals surface area contributed by atoms with Crippen molar-refractivity contribution in [2.75, 3.05) is 0 Å². The summed E-state index contributed by atoms with van der Waals surface area (Å²) in [4.78, 5) is 19.9. The number of aromatic nitrogens is 3. The van der Waals surface area contributed by atoms with Crippen LogP contribution in [0.15, 0.2) is 35.1 Å². The van der Waals surface area contributed by atoms with Crippen molar-refractivity contribution in [1.82, 2.24) is 15.1 Å². The van der Waals surface area contributed by atoms with E-state index in [0.29, 0.717) is 70.0 Å². The molecule has 0 atom stereocenters. The lowest BCUT2D eigenvalue weighted by Crippen LogP contribution is -2.34. The number of benzene rings is 1. The van der Waals surface area contributed by atoms with Gasteiger partial charge >= 0.3 is 5.97 Å². The van der Waals surface area contributed by atoms with Crippen LogP contribution in [0.1, 0.15) is 71.1 Å². The van der Waals surface area contributed by atoms with Crippen LogP contribution >= 0.6 is 34.5 Å². The summed E-state index contributed by atoms with van der Waals surface area (Å²) in [5, 5.41) is 26.3. The van der Waals surface area contributed by atoms with E-state index in [2.05, 4.69) is 15.1 Å². The first-order valence-corrected chi connectivity index (χ1v) is 13.7. The van der Waals surface area contributed by atoms with Crippen molar-refractivity contribution in [1.29, 1.82) is 0 Å². The number of aliphatic hydroxyl groups is 1. The van der Waals surface area contributed by atoms with E-state index in [0.717, 1.165) is 28.9 Å². The Hall–Kier alpha value is -2.56. The third kappa shape index (κ3) is 4.75. The normalized spacial score (nSPS) is 22.0. The molecule has 37 heavy (non-hydrogen) atoms. The molecule has 0 aliphatic heterocycles. The summed E-state index contributed by atoms with van der Waals surface area (Å²) in [5.74, 6) is 0.153. The first-order valence-electron chi connectivity index (χ1n) is 12.1. The van der Waals surface area contributed by atoms with Crippen LogP contribution in [0.4, 0.5) is 0 Å². The van der Waals surface area contributed by atoms with E-state index >= 15 is 0 Å². The second-order valence-corrected chi connectivity index (χ2v) is 11.5.